The van der Waals surface area contributed by atoms with Crippen molar-refractivity contribution < 1.29 is 4.79 Å². The molecule has 26 heavy (non-hydrogen) atoms. The Morgan fingerprint density at radius 3 is 2.88 bits per heavy atom. The molecule has 1 aliphatic heterocycles. The Bertz CT molecular complexity index is 729. The number of hydrogen-bond acceptors (Lipinski definition) is 6. The maximum Gasteiger partial charge on any atom is 0.223 e. The Labute approximate surface area is 158 Å². The molecule has 1 aliphatic carbocycles. The van der Waals surface area contributed by atoms with E-state index in [1.807, 2.05) is 18.2 Å². The van der Waals surface area contributed by atoms with E-state index in [1.165, 1.54) is 43.4 Å². The minimum Gasteiger partial charge on any atom is -0.334 e. The van der Waals surface area contributed by atoms with Crippen molar-refractivity contribution in [2.75, 3.05) is 11.9 Å². The zero-order valence-electron chi connectivity index (χ0n) is 14.9. The van der Waals surface area contributed by atoms with Gasteiger partial charge < -0.3 is 10.2 Å². The molecule has 3 heterocycles. The molecule has 2 aromatic heterocycles. The molecule has 1 saturated carbocycles. The summed E-state index contributed by atoms with van der Waals surface area (Å²) in [7, 11) is 0. The molecule has 6 nitrogen and oxygen atoms in total. The molecule has 2 aromatic rings. The summed E-state index contributed by atoms with van der Waals surface area (Å²) in [4.78, 5) is 19.7. The van der Waals surface area contributed by atoms with Crippen LogP contribution in [-0.4, -0.2) is 32.5 Å². The molecular formula is C19H25N5OS. The highest BCUT2D eigenvalue weighted by Gasteiger charge is 2.32. The van der Waals surface area contributed by atoms with Crippen molar-refractivity contribution in [1.82, 2.24) is 20.1 Å². The molecule has 0 aromatic carbocycles. The monoisotopic (exact) mass is 371 g/mol. The third kappa shape index (κ3) is 4.03. The fraction of sp³-hybridized carbons (Fsp3) is 0.579. The van der Waals surface area contributed by atoms with E-state index in [9.17, 15) is 4.79 Å². The van der Waals surface area contributed by atoms with Gasteiger partial charge in [0.1, 0.15) is 11.3 Å². The van der Waals surface area contributed by atoms with E-state index < -0.39 is 0 Å². The molecule has 0 spiro atoms. The van der Waals surface area contributed by atoms with Gasteiger partial charge in [-0.3, -0.25) is 4.79 Å². The molecule has 1 amide bonds. The zero-order valence-corrected chi connectivity index (χ0v) is 15.7. The molecular weight excluding hydrogens is 346 g/mol. The van der Waals surface area contributed by atoms with Gasteiger partial charge in [-0.1, -0.05) is 36.7 Å². The number of likely N-dealkylation sites (tertiary alicyclic amines) is 1. The Morgan fingerprint density at radius 2 is 2.08 bits per heavy atom. The molecule has 2 fully saturated rings. The van der Waals surface area contributed by atoms with Crippen LogP contribution in [0.2, 0.25) is 0 Å². The number of hydrogen-bond donors (Lipinski definition) is 1. The molecule has 1 N–H and O–H groups in total. The Kier molecular flexibility index (Phi) is 5.43. The first-order valence-corrected chi connectivity index (χ1v) is 10.5. The Hall–Kier alpha value is -2.02. The van der Waals surface area contributed by atoms with Crippen LogP contribution in [0.5, 0.6) is 0 Å². The number of anilines is 2. The largest absolute Gasteiger partial charge is 0.334 e. The van der Waals surface area contributed by atoms with E-state index in [0.717, 1.165) is 36.0 Å². The van der Waals surface area contributed by atoms with Gasteiger partial charge in [0.25, 0.3) is 0 Å². The van der Waals surface area contributed by atoms with Crippen LogP contribution in [0.1, 0.15) is 63.1 Å². The second-order valence-electron chi connectivity index (χ2n) is 7.27. The van der Waals surface area contributed by atoms with Gasteiger partial charge in [0.15, 0.2) is 0 Å². The van der Waals surface area contributed by atoms with Crippen LogP contribution in [0.4, 0.5) is 10.9 Å². The molecule has 1 saturated heterocycles. The lowest BCUT2D eigenvalue weighted by atomic mass is 9.86. The fourth-order valence-electron chi connectivity index (χ4n) is 4.17. The maximum absolute atomic E-state index is 12.9. The highest BCUT2D eigenvalue weighted by Crippen LogP contribution is 2.34. The predicted molar refractivity (Wildman–Crippen MR) is 102 cm³/mol. The minimum absolute atomic E-state index is 0.0993. The van der Waals surface area contributed by atoms with Crippen molar-refractivity contribution in [3.63, 3.8) is 0 Å². The van der Waals surface area contributed by atoms with Gasteiger partial charge in [0.2, 0.25) is 11.0 Å². The second kappa shape index (κ2) is 8.12. The van der Waals surface area contributed by atoms with Crippen LogP contribution in [0, 0.1) is 5.92 Å². The summed E-state index contributed by atoms with van der Waals surface area (Å²) in [6.45, 7) is 0.853. The van der Waals surface area contributed by atoms with Crippen molar-refractivity contribution >= 4 is 28.2 Å². The van der Waals surface area contributed by atoms with E-state index in [4.69, 9.17) is 4.98 Å². The number of nitrogens with zero attached hydrogens (tertiary/aromatic N) is 4. The van der Waals surface area contributed by atoms with Crippen LogP contribution < -0.4 is 5.32 Å². The number of carbonyl (C=O) groups excluding carboxylic acids is 1. The third-order valence-electron chi connectivity index (χ3n) is 5.47. The fourth-order valence-corrected chi connectivity index (χ4v) is 4.62. The summed E-state index contributed by atoms with van der Waals surface area (Å²) in [5.41, 5.74) is 2.66. The van der Waals surface area contributed by atoms with Gasteiger partial charge in [-0.25, -0.2) is 4.98 Å². The Balaban J connectivity index is 1.44. The summed E-state index contributed by atoms with van der Waals surface area (Å²) >= 11 is 1.44. The smallest absolute Gasteiger partial charge is 0.223 e. The van der Waals surface area contributed by atoms with Crippen LogP contribution >= 0.6 is 11.3 Å². The lowest BCUT2D eigenvalue weighted by molar-refractivity contribution is -0.133. The van der Waals surface area contributed by atoms with Crippen molar-refractivity contribution in [1.29, 1.82) is 0 Å². The van der Waals surface area contributed by atoms with Crippen molar-refractivity contribution in [3.05, 3.63) is 29.4 Å². The quantitative estimate of drug-likeness (QED) is 0.848. The van der Waals surface area contributed by atoms with E-state index >= 15 is 0 Å². The number of amides is 1. The van der Waals surface area contributed by atoms with Crippen molar-refractivity contribution in [3.8, 4) is 0 Å². The van der Waals surface area contributed by atoms with Gasteiger partial charge in [0, 0.05) is 13.0 Å². The number of nitrogens with one attached hydrogen (secondary N) is 1. The van der Waals surface area contributed by atoms with E-state index in [1.54, 1.807) is 5.51 Å². The van der Waals surface area contributed by atoms with Crippen LogP contribution in [0.3, 0.4) is 0 Å². The molecule has 2 aliphatic rings. The van der Waals surface area contributed by atoms with Gasteiger partial charge in [-0.05, 0) is 43.7 Å². The first-order valence-electron chi connectivity index (χ1n) is 9.59. The van der Waals surface area contributed by atoms with Crippen molar-refractivity contribution in [2.45, 2.75) is 57.4 Å². The molecule has 0 unspecified atom stereocenters. The number of carbonyl (C=O) groups is 1. The average Bonchev–Trinajstić information content (AvgIpc) is 3.34. The lowest BCUT2D eigenvalue weighted by Gasteiger charge is -2.28. The van der Waals surface area contributed by atoms with Crippen LogP contribution in [-0.2, 0) is 4.79 Å². The molecule has 4 rings (SSSR count). The first kappa shape index (κ1) is 17.4. The topological polar surface area (TPSA) is 71.0 Å². The maximum atomic E-state index is 12.9. The summed E-state index contributed by atoms with van der Waals surface area (Å²) < 4.78 is 0. The number of aromatic nitrogens is 3. The molecule has 0 radical (unpaired) electrons. The van der Waals surface area contributed by atoms with Gasteiger partial charge >= 0.3 is 0 Å². The molecule has 138 valence electrons. The Morgan fingerprint density at radius 1 is 1.19 bits per heavy atom. The summed E-state index contributed by atoms with van der Waals surface area (Å²) in [6.07, 6.45) is 9.06. The van der Waals surface area contributed by atoms with Crippen LogP contribution in [0.15, 0.2) is 23.7 Å². The molecule has 1 atom stereocenters. The summed E-state index contributed by atoms with van der Waals surface area (Å²) in [5.74, 6) is 1.64. The average molecular weight is 372 g/mol. The predicted octanol–water partition coefficient (Wildman–Crippen LogP) is 4.31. The standard InChI is InChI=1S/C19H25N5OS/c25-18(12-14-6-2-1-3-7-14)24-11-5-9-16(24)15-8-4-10-17(21-15)22-19-23-20-13-26-19/h4,8,10,13-14,16H,1-3,5-7,9,11-12H2,(H,21,22,23)/t16-/m1/s1. The first-order chi connectivity index (χ1) is 12.8. The molecule has 0 bridgehead atoms. The zero-order chi connectivity index (χ0) is 17.8. The normalized spacial score (nSPS) is 21.1. The van der Waals surface area contributed by atoms with Gasteiger partial charge in [-0.2, -0.15) is 0 Å². The van der Waals surface area contributed by atoms with E-state index in [2.05, 4.69) is 20.4 Å². The molecule has 7 heteroatoms. The highest BCUT2D eigenvalue weighted by molar-refractivity contribution is 7.13. The SMILES string of the molecule is O=C(CC1CCCCC1)N1CCC[C@@H]1c1cccc(Nc2nncs2)n1. The lowest BCUT2D eigenvalue weighted by Crippen LogP contribution is -2.32. The van der Waals surface area contributed by atoms with Crippen LogP contribution in [0.25, 0.3) is 0 Å². The number of pyridine rings is 1. The van der Waals surface area contributed by atoms with E-state index in [0.29, 0.717) is 18.2 Å². The number of rotatable bonds is 5. The summed E-state index contributed by atoms with van der Waals surface area (Å²) in [5, 5.41) is 11.7. The van der Waals surface area contributed by atoms with Gasteiger partial charge in [0.05, 0.1) is 11.7 Å². The minimum atomic E-state index is 0.0993. The highest BCUT2D eigenvalue weighted by atomic mass is 32.1. The summed E-state index contributed by atoms with van der Waals surface area (Å²) in [6, 6.07) is 6.05. The second-order valence-corrected chi connectivity index (χ2v) is 8.10. The van der Waals surface area contributed by atoms with Gasteiger partial charge in [-0.15, -0.1) is 10.2 Å². The third-order valence-corrected chi connectivity index (χ3v) is 6.07. The van der Waals surface area contributed by atoms with E-state index in [-0.39, 0.29) is 6.04 Å². The van der Waals surface area contributed by atoms with Crippen molar-refractivity contribution in [2.24, 2.45) is 5.92 Å².